The third-order valence-corrected chi connectivity index (χ3v) is 4.88. The van der Waals surface area contributed by atoms with Crippen molar-refractivity contribution in [1.82, 2.24) is 15.2 Å². The van der Waals surface area contributed by atoms with Gasteiger partial charge in [-0.3, -0.25) is 14.9 Å². The van der Waals surface area contributed by atoms with Gasteiger partial charge in [-0.2, -0.15) is 5.10 Å². The standard InChI is InChI=1S/C20H20N4O/c25-20(16-9-8-15(11-16)14-5-2-1-3-6-14)22-19-12-18(23-24-19)17-7-4-10-21-13-17/h1-7,10,12-13,15-16H,8-9,11H2,(H2,22,23,24,25)/t15-,16-/m1/s1. The Hall–Kier alpha value is -2.95. The maximum Gasteiger partial charge on any atom is 0.228 e. The molecule has 0 saturated heterocycles. The molecule has 1 aromatic carbocycles. The number of anilines is 1. The third-order valence-electron chi connectivity index (χ3n) is 4.88. The average Bonchev–Trinajstić information content (AvgIpc) is 3.33. The van der Waals surface area contributed by atoms with Crippen LogP contribution in [-0.4, -0.2) is 21.1 Å². The zero-order valence-electron chi connectivity index (χ0n) is 13.9. The predicted octanol–water partition coefficient (Wildman–Crippen LogP) is 3.99. The van der Waals surface area contributed by atoms with Crippen LogP contribution in [0.25, 0.3) is 11.3 Å². The van der Waals surface area contributed by atoms with E-state index < -0.39 is 0 Å². The zero-order valence-corrected chi connectivity index (χ0v) is 13.9. The lowest BCUT2D eigenvalue weighted by Gasteiger charge is -2.11. The van der Waals surface area contributed by atoms with Crippen LogP contribution in [0.5, 0.6) is 0 Å². The van der Waals surface area contributed by atoms with E-state index in [1.54, 1.807) is 12.4 Å². The summed E-state index contributed by atoms with van der Waals surface area (Å²) in [6, 6.07) is 16.1. The van der Waals surface area contributed by atoms with Crippen LogP contribution in [0.3, 0.4) is 0 Å². The number of hydrogen-bond donors (Lipinski definition) is 2. The molecular formula is C20H20N4O. The molecule has 2 aromatic heterocycles. The van der Waals surface area contributed by atoms with E-state index in [0.717, 1.165) is 30.5 Å². The third kappa shape index (κ3) is 3.45. The fraction of sp³-hybridized carbons (Fsp3) is 0.250. The van der Waals surface area contributed by atoms with Crippen LogP contribution < -0.4 is 5.32 Å². The van der Waals surface area contributed by atoms with E-state index in [9.17, 15) is 4.79 Å². The van der Waals surface area contributed by atoms with Gasteiger partial charge < -0.3 is 5.32 Å². The molecule has 3 aromatic rings. The van der Waals surface area contributed by atoms with Crippen LogP contribution in [0.2, 0.25) is 0 Å². The normalized spacial score (nSPS) is 19.7. The minimum absolute atomic E-state index is 0.0451. The molecule has 0 bridgehead atoms. The molecule has 0 radical (unpaired) electrons. The van der Waals surface area contributed by atoms with Gasteiger partial charge in [-0.25, -0.2) is 0 Å². The molecule has 1 amide bonds. The summed E-state index contributed by atoms with van der Waals surface area (Å²) in [7, 11) is 0. The van der Waals surface area contributed by atoms with E-state index in [2.05, 4.69) is 44.8 Å². The molecule has 2 N–H and O–H groups in total. The van der Waals surface area contributed by atoms with E-state index in [1.165, 1.54) is 5.56 Å². The Labute approximate surface area is 146 Å². The number of hydrogen-bond acceptors (Lipinski definition) is 3. The SMILES string of the molecule is O=C(Nc1cc(-c2cccnc2)[nH]n1)[C@@H]1CC[C@@H](c2ccccc2)C1. The highest BCUT2D eigenvalue weighted by Gasteiger charge is 2.31. The smallest absolute Gasteiger partial charge is 0.228 e. The van der Waals surface area contributed by atoms with Crippen LogP contribution in [-0.2, 0) is 4.79 Å². The van der Waals surface area contributed by atoms with Gasteiger partial charge in [0.1, 0.15) is 0 Å². The molecule has 2 heterocycles. The molecule has 5 nitrogen and oxygen atoms in total. The van der Waals surface area contributed by atoms with Crippen molar-refractivity contribution in [3.63, 3.8) is 0 Å². The first-order valence-corrected chi connectivity index (χ1v) is 8.61. The monoisotopic (exact) mass is 332 g/mol. The molecular weight excluding hydrogens is 312 g/mol. The molecule has 4 rings (SSSR count). The average molecular weight is 332 g/mol. The number of H-pyrrole nitrogens is 1. The van der Waals surface area contributed by atoms with Crippen molar-refractivity contribution in [3.8, 4) is 11.3 Å². The number of amides is 1. The number of nitrogens with zero attached hydrogens (tertiary/aromatic N) is 2. The Balaban J connectivity index is 1.39. The van der Waals surface area contributed by atoms with Crippen molar-refractivity contribution >= 4 is 11.7 Å². The number of aromatic nitrogens is 3. The second-order valence-corrected chi connectivity index (χ2v) is 6.52. The second-order valence-electron chi connectivity index (χ2n) is 6.52. The van der Waals surface area contributed by atoms with Gasteiger partial charge in [0.25, 0.3) is 0 Å². The van der Waals surface area contributed by atoms with Crippen molar-refractivity contribution in [2.45, 2.75) is 25.2 Å². The summed E-state index contributed by atoms with van der Waals surface area (Å²) in [5.41, 5.74) is 3.12. The topological polar surface area (TPSA) is 70.7 Å². The van der Waals surface area contributed by atoms with Crippen LogP contribution in [0.4, 0.5) is 5.82 Å². The van der Waals surface area contributed by atoms with Crippen molar-refractivity contribution in [2.75, 3.05) is 5.32 Å². The number of pyridine rings is 1. The maximum absolute atomic E-state index is 12.6. The van der Waals surface area contributed by atoms with E-state index in [4.69, 9.17) is 0 Å². The van der Waals surface area contributed by atoms with Gasteiger partial charge in [-0.15, -0.1) is 0 Å². The van der Waals surface area contributed by atoms with Crippen LogP contribution in [0.15, 0.2) is 60.9 Å². The molecule has 1 saturated carbocycles. The molecule has 2 atom stereocenters. The number of carbonyl (C=O) groups is 1. The minimum Gasteiger partial charge on any atom is -0.309 e. The molecule has 25 heavy (non-hydrogen) atoms. The Kier molecular flexibility index (Phi) is 4.29. The first-order chi connectivity index (χ1) is 12.3. The zero-order chi connectivity index (χ0) is 17.1. The van der Waals surface area contributed by atoms with Gasteiger partial charge in [-0.1, -0.05) is 30.3 Å². The first kappa shape index (κ1) is 15.6. The quantitative estimate of drug-likeness (QED) is 0.759. The highest BCUT2D eigenvalue weighted by molar-refractivity contribution is 5.92. The Morgan fingerprint density at radius 3 is 2.80 bits per heavy atom. The lowest BCUT2D eigenvalue weighted by Crippen LogP contribution is -2.20. The maximum atomic E-state index is 12.6. The number of rotatable bonds is 4. The first-order valence-electron chi connectivity index (χ1n) is 8.61. The second kappa shape index (κ2) is 6.89. The molecule has 5 heteroatoms. The van der Waals surface area contributed by atoms with Gasteiger partial charge in [-0.05, 0) is 42.9 Å². The lowest BCUT2D eigenvalue weighted by atomic mass is 9.96. The largest absolute Gasteiger partial charge is 0.309 e. The molecule has 126 valence electrons. The van der Waals surface area contributed by atoms with Crippen LogP contribution in [0, 0.1) is 5.92 Å². The van der Waals surface area contributed by atoms with Gasteiger partial charge in [0.15, 0.2) is 5.82 Å². The molecule has 0 unspecified atom stereocenters. The highest BCUT2D eigenvalue weighted by Crippen LogP contribution is 2.38. The van der Waals surface area contributed by atoms with Gasteiger partial charge >= 0.3 is 0 Å². The van der Waals surface area contributed by atoms with E-state index in [0.29, 0.717) is 11.7 Å². The minimum atomic E-state index is 0.0451. The molecule has 1 aliphatic rings. The summed E-state index contributed by atoms with van der Waals surface area (Å²) < 4.78 is 0. The van der Waals surface area contributed by atoms with Crippen LogP contribution in [0.1, 0.15) is 30.7 Å². The number of benzene rings is 1. The molecule has 0 aliphatic heterocycles. The fourth-order valence-corrected chi connectivity index (χ4v) is 3.53. The number of nitrogens with one attached hydrogen (secondary N) is 2. The Morgan fingerprint density at radius 1 is 1.12 bits per heavy atom. The Bertz CT molecular complexity index is 844. The van der Waals surface area contributed by atoms with Gasteiger partial charge in [0.05, 0.1) is 5.69 Å². The predicted molar refractivity (Wildman–Crippen MR) is 97.0 cm³/mol. The number of carbonyl (C=O) groups excluding carboxylic acids is 1. The highest BCUT2D eigenvalue weighted by atomic mass is 16.2. The fourth-order valence-electron chi connectivity index (χ4n) is 3.53. The summed E-state index contributed by atoms with van der Waals surface area (Å²) in [4.78, 5) is 16.7. The summed E-state index contributed by atoms with van der Waals surface area (Å²) in [6.07, 6.45) is 6.37. The molecule has 1 aliphatic carbocycles. The lowest BCUT2D eigenvalue weighted by molar-refractivity contribution is -0.119. The van der Waals surface area contributed by atoms with Crippen LogP contribution >= 0.6 is 0 Å². The van der Waals surface area contributed by atoms with Crippen molar-refractivity contribution in [1.29, 1.82) is 0 Å². The summed E-state index contributed by atoms with van der Waals surface area (Å²) in [5.74, 6) is 1.14. The molecule has 1 fully saturated rings. The van der Waals surface area contributed by atoms with Gasteiger partial charge in [0, 0.05) is 29.9 Å². The molecule has 0 spiro atoms. The number of aromatic amines is 1. The van der Waals surface area contributed by atoms with Crippen molar-refractivity contribution in [3.05, 3.63) is 66.5 Å². The van der Waals surface area contributed by atoms with Crippen molar-refractivity contribution in [2.24, 2.45) is 5.92 Å². The van der Waals surface area contributed by atoms with Crippen molar-refractivity contribution < 1.29 is 4.79 Å². The van der Waals surface area contributed by atoms with E-state index in [1.807, 2.05) is 24.3 Å². The van der Waals surface area contributed by atoms with Gasteiger partial charge in [0.2, 0.25) is 5.91 Å². The van der Waals surface area contributed by atoms with E-state index in [-0.39, 0.29) is 11.8 Å². The summed E-state index contributed by atoms with van der Waals surface area (Å²) in [6.45, 7) is 0. The van der Waals surface area contributed by atoms with E-state index >= 15 is 0 Å². The summed E-state index contributed by atoms with van der Waals surface area (Å²) >= 11 is 0. The summed E-state index contributed by atoms with van der Waals surface area (Å²) in [5, 5.41) is 10.1. The Morgan fingerprint density at radius 2 is 2.00 bits per heavy atom.